The van der Waals surface area contributed by atoms with Gasteiger partial charge in [0.15, 0.2) is 11.9 Å². The fourth-order valence-corrected chi connectivity index (χ4v) is 2.50. The highest BCUT2D eigenvalue weighted by atomic mass is 16.5. The number of ether oxygens (including phenoxy) is 1. The SMILES string of the molecule is Cc1cc(NC(=O)[C@H](C)OC(=O)CCn2ncc(=O)c3ccccc32)no1. The number of anilines is 1. The molecule has 0 radical (unpaired) electrons. The Balaban J connectivity index is 1.57. The molecule has 3 rings (SSSR count). The van der Waals surface area contributed by atoms with Crippen molar-refractivity contribution in [3.8, 4) is 0 Å². The van der Waals surface area contributed by atoms with Crippen LogP contribution in [0.3, 0.4) is 0 Å². The van der Waals surface area contributed by atoms with E-state index < -0.39 is 18.0 Å². The summed E-state index contributed by atoms with van der Waals surface area (Å²) in [5.41, 5.74) is 0.447. The summed E-state index contributed by atoms with van der Waals surface area (Å²) in [6.07, 6.45) is 0.220. The van der Waals surface area contributed by atoms with E-state index in [0.717, 1.165) is 0 Å². The number of fused-ring (bicyclic) bond motifs is 1. The molecule has 0 bridgehead atoms. The monoisotopic (exact) mass is 370 g/mol. The van der Waals surface area contributed by atoms with Crippen molar-refractivity contribution in [3.05, 3.63) is 52.5 Å². The molecule has 140 valence electrons. The quantitative estimate of drug-likeness (QED) is 0.656. The lowest BCUT2D eigenvalue weighted by atomic mass is 10.2. The molecule has 2 heterocycles. The Morgan fingerprint density at radius 2 is 2.11 bits per heavy atom. The van der Waals surface area contributed by atoms with Gasteiger partial charge in [0.25, 0.3) is 5.91 Å². The molecule has 0 aliphatic carbocycles. The number of nitrogens with one attached hydrogen (secondary N) is 1. The van der Waals surface area contributed by atoms with Crippen molar-refractivity contribution in [1.82, 2.24) is 14.9 Å². The topological polar surface area (TPSA) is 116 Å². The van der Waals surface area contributed by atoms with Gasteiger partial charge in [0.1, 0.15) is 5.76 Å². The Labute approximate surface area is 153 Å². The first-order valence-corrected chi connectivity index (χ1v) is 8.32. The van der Waals surface area contributed by atoms with Crippen LogP contribution in [0, 0.1) is 6.92 Å². The Morgan fingerprint density at radius 3 is 2.85 bits per heavy atom. The van der Waals surface area contributed by atoms with E-state index in [4.69, 9.17) is 9.26 Å². The minimum Gasteiger partial charge on any atom is -0.452 e. The average Bonchev–Trinajstić information content (AvgIpc) is 3.06. The summed E-state index contributed by atoms with van der Waals surface area (Å²) < 4.78 is 11.5. The zero-order chi connectivity index (χ0) is 19.4. The molecular formula is C18H18N4O5. The van der Waals surface area contributed by atoms with Crippen molar-refractivity contribution in [2.75, 3.05) is 5.32 Å². The van der Waals surface area contributed by atoms with E-state index in [1.165, 1.54) is 13.1 Å². The van der Waals surface area contributed by atoms with Crippen molar-refractivity contribution in [2.45, 2.75) is 32.9 Å². The number of esters is 1. The molecule has 1 amide bonds. The van der Waals surface area contributed by atoms with Crippen LogP contribution >= 0.6 is 0 Å². The summed E-state index contributed by atoms with van der Waals surface area (Å²) in [7, 11) is 0. The molecule has 0 aliphatic rings. The number of carbonyl (C=O) groups is 2. The number of benzene rings is 1. The third-order valence-electron chi connectivity index (χ3n) is 3.85. The first-order chi connectivity index (χ1) is 12.9. The van der Waals surface area contributed by atoms with Crippen LogP contribution in [0.15, 0.2) is 45.8 Å². The van der Waals surface area contributed by atoms with Crippen molar-refractivity contribution in [3.63, 3.8) is 0 Å². The van der Waals surface area contributed by atoms with Crippen LogP contribution in [0.1, 0.15) is 19.1 Å². The van der Waals surface area contributed by atoms with Crippen LogP contribution in [0.4, 0.5) is 5.82 Å². The molecule has 0 spiro atoms. The van der Waals surface area contributed by atoms with Gasteiger partial charge < -0.3 is 14.6 Å². The summed E-state index contributed by atoms with van der Waals surface area (Å²) in [5, 5.41) is 10.7. The highest BCUT2D eigenvalue weighted by Gasteiger charge is 2.19. The molecule has 3 aromatic rings. The Bertz CT molecular complexity index is 1040. The predicted octanol–water partition coefficient (Wildman–Crippen LogP) is 1.65. The number of hydrogen-bond acceptors (Lipinski definition) is 7. The molecule has 0 fully saturated rings. The van der Waals surface area contributed by atoms with E-state index in [-0.39, 0.29) is 24.2 Å². The van der Waals surface area contributed by atoms with Crippen LogP contribution in [-0.2, 0) is 20.9 Å². The molecule has 1 atom stereocenters. The minimum atomic E-state index is -0.992. The van der Waals surface area contributed by atoms with E-state index in [2.05, 4.69) is 15.6 Å². The molecule has 9 heteroatoms. The summed E-state index contributed by atoms with van der Waals surface area (Å²) in [5.74, 6) is -0.262. The van der Waals surface area contributed by atoms with Gasteiger partial charge in [0, 0.05) is 11.5 Å². The first kappa shape index (κ1) is 18.3. The van der Waals surface area contributed by atoms with Gasteiger partial charge in [-0.05, 0) is 26.0 Å². The Kier molecular flexibility index (Phi) is 5.30. The van der Waals surface area contributed by atoms with Gasteiger partial charge in [-0.15, -0.1) is 0 Å². The van der Waals surface area contributed by atoms with E-state index in [9.17, 15) is 14.4 Å². The van der Waals surface area contributed by atoms with Crippen molar-refractivity contribution < 1.29 is 18.8 Å². The number of carbonyl (C=O) groups excluding carboxylic acids is 2. The third-order valence-corrected chi connectivity index (χ3v) is 3.85. The van der Waals surface area contributed by atoms with Crippen molar-refractivity contribution >= 4 is 28.6 Å². The lowest BCUT2D eigenvalue weighted by Gasteiger charge is -2.13. The second-order valence-electron chi connectivity index (χ2n) is 5.94. The number of hydrogen-bond donors (Lipinski definition) is 1. The fourth-order valence-electron chi connectivity index (χ4n) is 2.50. The van der Waals surface area contributed by atoms with Crippen LogP contribution in [-0.4, -0.2) is 32.9 Å². The molecule has 9 nitrogen and oxygen atoms in total. The molecule has 0 unspecified atom stereocenters. The number of para-hydroxylation sites is 1. The van der Waals surface area contributed by atoms with Crippen LogP contribution < -0.4 is 10.7 Å². The van der Waals surface area contributed by atoms with Gasteiger partial charge in [0.2, 0.25) is 5.43 Å². The maximum atomic E-state index is 12.1. The predicted molar refractivity (Wildman–Crippen MR) is 96.0 cm³/mol. The normalized spacial score (nSPS) is 11.9. The molecule has 1 aromatic carbocycles. The standard InChI is InChI=1S/C18H18N4O5/c1-11-9-16(21-27-11)20-18(25)12(2)26-17(24)7-8-22-14-6-4-3-5-13(14)15(23)10-19-22/h3-6,9-10,12H,7-8H2,1-2H3,(H,20,21,25)/t12-/m0/s1. The maximum Gasteiger partial charge on any atom is 0.308 e. The summed E-state index contributed by atoms with van der Waals surface area (Å²) >= 11 is 0. The van der Waals surface area contributed by atoms with Gasteiger partial charge >= 0.3 is 5.97 Å². The largest absolute Gasteiger partial charge is 0.452 e. The summed E-state index contributed by atoms with van der Waals surface area (Å²) in [6, 6.07) is 8.56. The minimum absolute atomic E-state index is 0.000549. The maximum absolute atomic E-state index is 12.1. The molecular weight excluding hydrogens is 352 g/mol. The lowest BCUT2D eigenvalue weighted by molar-refractivity contribution is -0.153. The number of aromatic nitrogens is 3. The molecule has 0 saturated heterocycles. The van der Waals surface area contributed by atoms with Crippen LogP contribution in [0.25, 0.3) is 10.9 Å². The first-order valence-electron chi connectivity index (χ1n) is 8.32. The van der Waals surface area contributed by atoms with Crippen molar-refractivity contribution in [2.24, 2.45) is 0 Å². The van der Waals surface area contributed by atoms with Crippen LogP contribution in [0.5, 0.6) is 0 Å². The summed E-state index contributed by atoms with van der Waals surface area (Å²) in [6.45, 7) is 3.38. The number of rotatable bonds is 6. The zero-order valence-electron chi connectivity index (χ0n) is 14.8. The molecule has 0 aliphatic heterocycles. The number of aryl methyl sites for hydroxylation is 2. The third kappa shape index (κ3) is 4.38. The Hall–Kier alpha value is -3.49. The van der Waals surface area contributed by atoms with E-state index >= 15 is 0 Å². The number of amides is 1. The van der Waals surface area contributed by atoms with Gasteiger partial charge in [-0.1, -0.05) is 17.3 Å². The second kappa shape index (κ2) is 7.81. The zero-order valence-corrected chi connectivity index (χ0v) is 14.8. The van der Waals surface area contributed by atoms with E-state index in [1.807, 2.05) is 0 Å². The highest BCUT2D eigenvalue weighted by molar-refractivity contribution is 5.94. The smallest absolute Gasteiger partial charge is 0.308 e. The van der Waals surface area contributed by atoms with Gasteiger partial charge in [-0.2, -0.15) is 5.10 Å². The fraction of sp³-hybridized carbons (Fsp3) is 0.278. The summed E-state index contributed by atoms with van der Waals surface area (Å²) in [4.78, 5) is 35.9. The van der Waals surface area contributed by atoms with Gasteiger partial charge in [0.05, 0.1) is 24.7 Å². The molecule has 27 heavy (non-hydrogen) atoms. The van der Waals surface area contributed by atoms with E-state index in [0.29, 0.717) is 16.7 Å². The average molecular weight is 370 g/mol. The molecule has 0 saturated carbocycles. The van der Waals surface area contributed by atoms with Gasteiger partial charge in [-0.3, -0.25) is 19.1 Å². The van der Waals surface area contributed by atoms with Crippen molar-refractivity contribution in [1.29, 1.82) is 0 Å². The lowest BCUT2D eigenvalue weighted by Crippen LogP contribution is -2.30. The Morgan fingerprint density at radius 1 is 1.33 bits per heavy atom. The second-order valence-corrected chi connectivity index (χ2v) is 5.94. The molecule has 1 N–H and O–H groups in total. The molecule has 2 aromatic heterocycles. The van der Waals surface area contributed by atoms with Gasteiger partial charge in [-0.25, -0.2) is 0 Å². The highest BCUT2D eigenvalue weighted by Crippen LogP contribution is 2.10. The van der Waals surface area contributed by atoms with E-state index in [1.54, 1.807) is 41.9 Å². The van der Waals surface area contributed by atoms with Crippen LogP contribution in [0.2, 0.25) is 0 Å². The number of nitrogens with zero attached hydrogens (tertiary/aromatic N) is 3.